The Morgan fingerprint density at radius 3 is 1.78 bits per heavy atom. The number of nitrogens with one attached hydrogen (secondary N) is 5. The van der Waals surface area contributed by atoms with Crippen LogP contribution in [-0.2, 0) is 38.4 Å². The first-order valence-electron chi connectivity index (χ1n) is 14.7. The molecule has 0 bridgehead atoms. The lowest BCUT2D eigenvalue weighted by Gasteiger charge is -2.28. The first-order valence-corrected chi connectivity index (χ1v) is 14.7. The second-order valence-electron chi connectivity index (χ2n) is 11.5. The van der Waals surface area contributed by atoms with Crippen LogP contribution in [0.15, 0.2) is 0 Å². The normalized spacial score (nSPS) is 18.3. The number of nitrogens with zero attached hydrogens (tertiary/aromatic N) is 1. The standard InChI is InChI=1S/C27H46N8O11/c1-12(2)8-15(22(40)30-14(4)21(39)34-18(11-37)27(45)46)31-23(41)16(9-20(29)38)32-24(42)17(10-36)33-25(43)19-6-5-7-35(19)26(44)13(3)28/h12-19,36-37H,5-11,28H2,1-4H3,(H2,29,38)(H,30,40)(H,31,41)(H,32,42)(H,33,43)(H,34,39)(H,45,46)/t13-,14-,15-,16-,17-,18-,19-/m0/s1. The Hall–Kier alpha value is -4.36. The fourth-order valence-electron chi connectivity index (χ4n) is 4.55. The van der Waals surface area contributed by atoms with Crippen LogP contribution in [0.4, 0.5) is 0 Å². The highest BCUT2D eigenvalue weighted by Gasteiger charge is 2.37. The van der Waals surface area contributed by atoms with E-state index in [9.17, 15) is 43.5 Å². The number of nitrogens with two attached hydrogens (primary N) is 2. The van der Waals surface area contributed by atoms with E-state index in [1.54, 1.807) is 13.8 Å². The van der Waals surface area contributed by atoms with Gasteiger partial charge in [0, 0.05) is 6.54 Å². The summed E-state index contributed by atoms with van der Waals surface area (Å²) in [7, 11) is 0. The summed E-state index contributed by atoms with van der Waals surface area (Å²) in [5, 5.41) is 39.3. The summed E-state index contributed by atoms with van der Waals surface area (Å²) in [6, 6.07) is -9.25. The van der Waals surface area contributed by atoms with E-state index in [2.05, 4.69) is 21.3 Å². The summed E-state index contributed by atoms with van der Waals surface area (Å²) in [5.74, 6) is -7.77. The van der Waals surface area contributed by atoms with Gasteiger partial charge in [0.05, 0.1) is 25.7 Å². The van der Waals surface area contributed by atoms with Crippen molar-refractivity contribution >= 4 is 47.3 Å². The predicted molar refractivity (Wildman–Crippen MR) is 159 cm³/mol. The largest absolute Gasteiger partial charge is 0.480 e. The van der Waals surface area contributed by atoms with Gasteiger partial charge >= 0.3 is 5.97 Å². The van der Waals surface area contributed by atoms with Gasteiger partial charge in [-0.3, -0.25) is 33.6 Å². The van der Waals surface area contributed by atoms with Crippen molar-refractivity contribution in [3.05, 3.63) is 0 Å². The molecule has 19 heteroatoms. The fraction of sp³-hybridized carbons (Fsp3) is 0.704. The molecule has 7 atom stereocenters. The van der Waals surface area contributed by atoms with Crippen LogP contribution in [0, 0.1) is 5.92 Å². The molecule has 0 aromatic carbocycles. The number of carbonyl (C=O) groups excluding carboxylic acids is 7. The summed E-state index contributed by atoms with van der Waals surface area (Å²) < 4.78 is 0. The van der Waals surface area contributed by atoms with Crippen LogP contribution in [0.1, 0.15) is 53.4 Å². The predicted octanol–water partition coefficient (Wildman–Crippen LogP) is -5.24. The summed E-state index contributed by atoms with van der Waals surface area (Å²) in [5.41, 5.74) is 10.9. The Bertz CT molecular complexity index is 1150. The quantitative estimate of drug-likeness (QED) is 0.0661. The second-order valence-corrected chi connectivity index (χ2v) is 11.5. The van der Waals surface area contributed by atoms with E-state index >= 15 is 0 Å². The van der Waals surface area contributed by atoms with E-state index in [-0.39, 0.29) is 25.3 Å². The van der Waals surface area contributed by atoms with Crippen LogP contribution >= 0.6 is 0 Å². The molecule has 260 valence electrons. The number of aliphatic hydroxyl groups is 2. The van der Waals surface area contributed by atoms with E-state index in [1.165, 1.54) is 18.7 Å². The number of hydrogen-bond donors (Lipinski definition) is 10. The number of likely N-dealkylation sites (tertiary alicyclic amines) is 1. The van der Waals surface area contributed by atoms with Crippen LogP contribution in [0.3, 0.4) is 0 Å². The average molecular weight is 659 g/mol. The molecule has 1 rings (SSSR count). The number of carboxylic acids is 1. The van der Waals surface area contributed by atoms with Crippen LogP contribution in [-0.4, -0.2) is 130 Å². The van der Waals surface area contributed by atoms with Gasteiger partial charge in [0.15, 0.2) is 0 Å². The van der Waals surface area contributed by atoms with Crippen molar-refractivity contribution in [1.82, 2.24) is 31.5 Å². The average Bonchev–Trinajstić information content (AvgIpc) is 3.46. The number of rotatable bonds is 18. The summed E-state index contributed by atoms with van der Waals surface area (Å²) in [6.45, 7) is 4.63. The van der Waals surface area contributed by atoms with Gasteiger partial charge in [0.2, 0.25) is 41.4 Å². The van der Waals surface area contributed by atoms with Gasteiger partial charge in [-0.1, -0.05) is 13.8 Å². The van der Waals surface area contributed by atoms with E-state index in [1.807, 2.05) is 5.32 Å². The number of hydrogen-bond acceptors (Lipinski definition) is 11. The molecule has 0 saturated carbocycles. The Kier molecular flexibility index (Phi) is 16.0. The van der Waals surface area contributed by atoms with Crippen molar-refractivity contribution in [3.63, 3.8) is 0 Å². The minimum absolute atomic E-state index is 0.0326. The van der Waals surface area contributed by atoms with Crippen LogP contribution in [0.25, 0.3) is 0 Å². The zero-order valence-electron chi connectivity index (χ0n) is 26.3. The first-order chi connectivity index (χ1) is 21.4. The number of carbonyl (C=O) groups is 8. The molecule has 1 heterocycles. The second kappa shape index (κ2) is 18.6. The lowest BCUT2D eigenvalue weighted by molar-refractivity contribution is -0.143. The third-order valence-electron chi connectivity index (χ3n) is 6.97. The highest BCUT2D eigenvalue weighted by molar-refractivity contribution is 5.98. The zero-order valence-corrected chi connectivity index (χ0v) is 26.3. The Morgan fingerprint density at radius 2 is 1.28 bits per heavy atom. The van der Waals surface area contributed by atoms with Crippen molar-refractivity contribution in [1.29, 1.82) is 0 Å². The molecule has 0 spiro atoms. The maximum absolute atomic E-state index is 13.2. The van der Waals surface area contributed by atoms with Gasteiger partial charge < -0.3 is 58.3 Å². The molecule has 0 aromatic rings. The van der Waals surface area contributed by atoms with Gasteiger partial charge in [-0.25, -0.2) is 4.79 Å². The molecule has 7 amide bonds. The Labute approximate surface area is 265 Å². The zero-order chi connectivity index (χ0) is 35.3. The minimum Gasteiger partial charge on any atom is -0.480 e. The molecule has 1 saturated heterocycles. The lowest BCUT2D eigenvalue weighted by atomic mass is 10.0. The van der Waals surface area contributed by atoms with Crippen LogP contribution in [0.5, 0.6) is 0 Å². The number of amides is 7. The smallest absolute Gasteiger partial charge is 0.328 e. The molecule has 12 N–H and O–H groups in total. The molecule has 0 unspecified atom stereocenters. The Morgan fingerprint density at radius 1 is 0.761 bits per heavy atom. The summed E-state index contributed by atoms with van der Waals surface area (Å²) >= 11 is 0. The molecule has 1 fully saturated rings. The molecule has 1 aliphatic rings. The molecular formula is C27H46N8O11. The topological polar surface area (TPSA) is 313 Å². The summed E-state index contributed by atoms with van der Waals surface area (Å²) in [4.78, 5) is 101. The van der Waals surface area contributed by atoms with Crippen molar-refractivity contribution in [2.24, 2.45) is 17.4 Å². The van der Waals surface area contributed by atoms with Gasteiger partial charge in [0.25, 0.3) is 0 Å². The molecule has 1 aliphatic heterocycles. The minimum atomic E-state index is -1.65. The third kappa shape index (κ3) is 12.2. The van der Waals surface area contributed by atoms with Crippen molar-refractivity contribution in [3.8, 4) is 0 Å². The third-order valence-corrected chi connectivity index (χ3v) is 6.97. The number of aliphatic hydroxyl groups excluding tert-OH is 2. The maximum Gasteiger partial charge on any atom is 0.328 e. The molecule has 19 nitrogen and oxygen atoms in total. The fourth-order valence-corrected chi connectivity index (χ4v) is 4.55. The van der Waals surface area contributed by atoms with E-state index in [0.29, 0.717) is 6.42 Å². The molecule has 0 radical (unpaired) electrons. The van der Waals surface area contributed by atoms with E-state index < -0.39 is 109 Å². The molecular weight excluding hydrogens is 612 g/mol. The van der Waals surface area contributed by atoms with Crippen molar-refractivity contribution in [2.75, 3.05) is 19.8 Å². The van der Waals surface area contributed by atoms with E-state index in [0.717, 1.165) is 0 Å². The Balaban J connectivity index is 3.03. The first kappa shape index (κ1) is 39.7. The molecule has 46 heavy (non-hydrogen) atoms. The van der Waals surface area contributed by atoms with Gasteiger partial charge in [-0.05, 0) is 39.0 Å². The number of primary amides is 1. The SMILES string of the molecule is CC(C)C[C@H](NC(=O)[C@H](CC(N)=O)NC(=O)[C@H](CO)NC(=O)[C@@H]1CCCN1C(=O)[C@H](C)N)C(=O)N[C@@H](C)C(=O)N[C@@H](CO)C(=O)O. The highest BCUT2D eigenvalue weighted by atomic mass is 16.4. The number of aliphatic carboxylic acids is 1. The maximum atomic E-state index is 13.2. The summed E-state index contributed by atoms with van der Waals surface area (Å²) in [6.07, 6.45) is 0.103. The molecule has 0 aliphatic carbocycles. The van der Waals surface area contributed by atoms with Gasteiger partial charge in [-0.2, -0.15) is 0 Å². The monoisotopic (exact) mass is 658 g/mol. The van der Waals surface area contributed by atoms with Gasteiger partial charge in [-0.15, -0.1) is 0 Å². The van der Waals surface area contributed by atoms with Crippen molar-refractivity contribution in [2.45, 2.75) is 95.7 Å². The highest BCUT2D eigenvalue weighted by Crippen LogP contribution is 2.18. The van der Waals surface area contributed by atoms with Crippen molar-refractivity contribution < 1.29 is 53.7 Å². The lowest BCUT2D eigenvalue weighted by Crippen LogP contribution is -2.60. The molecule has 0 aromatic heterocycles. The van der Waals surface area contributed by atoms with E-state index in [4.69, 9.17) is 21.7 Å². The number of carboxylic acid groups (broad SMARTS) is 1. The van der Waals surface area contributed by atoms with Crippen LogP contribution in [0.2, 0.25) is 0 Å². The van der Waals surface area contributed by atoms with Gasteiger partial charge in [0.1, 0.15) is 36.3 Å². The van der Waals surface area contributed by atoms with Crippen LogP contribution < -0.4 is 38.1 Å².